The fraction of sp³-hybridized carbons (Fsp3) is 0.462. The van der Waals surface area contributed by atoms with E-state index in [1.54, 1.807) is 18.2 Å². The number of rotatable bonds is 3. The molecule has 0 aliphatic heterocycles. The Morgan fingerprint density at radius 2 is 2.06 bits per heavy atom. The molecule has 16 heavy (non-hydrogen) atoms. The van der Waals surface area contributed by atoms with Crippen LogP contribution in [0.4, 0.5) is 5.69 Å². The highest BCUT2D eigenvalue weighted by atomic mass is 16.5. The van der Waals surface area contributed by atoms with Crippen LogP contribution in [0.3, 0.4) is 0 Å². The topological polar surface area (TPSA) is 59.0 Å². The van der Waals surface area contributed by atoms with E-state index in [9.17, 15) is 0 Å². The summed E-state index contributed by atoms with van der Waals surface area (Å²) in [5, 5.41) is 8.76. The molecule has 86 valence electrons. The van der Waals surface area contributed by atoms with E-state index in [4.69, 9.17) is 15.7 Å². The molecule has 1 aromatic carbocycles. The van der Waals surface area contributed by atoms with Gasteiger partial charge < -0.3 is 10.5 Å². The zero-order chi connectivity index (χ0) is 12.2. The second-order valence-electron chi connectivity index (χ2n) is 5.02. The number of anilines is 1. The van der Waals surface area contributed by atoms with Crippen molar-refractivity contribution >= 4 is 5.69 Å². The number of nitrogens with two attached hydrogens (primary N) is 1. The van der Waals surface area contributed by atoms with Crippen LogP contribution in [0.5, 0.6) is 5.75 Å². The second kappa shape index (κ2) is 4.89. The maximum absolute atomic E-state index is 8.76. The van der Waals surface area contributed by atoms with Gasteiger partial charge in [0.15, 0.2) is 0 Å². The van der Waals surface area contributed by atoms with Crippen molar-refractivity contribution in [3.8, 4) is 11.8 Å². The number of nitrogens with zero attached hydrogens (tertiary/aromatic N) is 1. The Morgan fingerprint density at radius 3 is 2.62 bits per heavy atom. The van der Waals surface area contributed by atoms with Crippen LogP contribution in [0.15, 0.2) is 18.2 Å². The Bertz CT molecular complexity index is 399. The number of nitrogen functional groups attached to an aromatic ring is 1. The van der Waals surface area contributed by atoms with Crippen LogP contribution in [0.2, 0.25) is 0 Å². The fourth-order valence-electron chi connectivity index (χ4n) is 1.20. The minimum absolute atomic E-state index is 0.238. The van der Waals surface area contributed by atoms with Crippen molar-refractivity contribution in [3.63, 3.8) is 0 Å². The van der Waals surface area contributed by atoms with E-state index >= 15 is 0 Å². The summed E-state index contributed by atoms with van der Waals surface area (Å²) in [6.07, 6.45) is 0.948. The quantitative estimate of drug-likeness (QED) is 0.793. The average Bonchev–Trinajstić information content (AvgIpc) is 2.19. The van der Waals surface area contributed by atoms with Gasteiger partial charge in [-0.3, -0.25) is 0 Å². The molecule has 0 fully saturated rings. The molecular formula is C13H18N2O. The first-order valence-corrected chi connectivity index (χ1v) is 5.35. The molecule has 0 atom stereocenters. The minimum atomic E-state index is 0.238. The molecule has 0 unspecified atom stereocenters. The zero-order valence-corrected chi connectivity index (χ0v) is 10.1. The standard InChI is InChI=1S/C13H18N2O/c1-13(2,3)6-7-16-12-8-10(9-14)4-5-11(12)15/h4-5,8H,6-7,15H2,1-3H3. The summed E-state index contributed by atoms with van der Waals surface area (Å²) in [6.45, 7) is 7.09. The number of benzene rings is 1. The molecule has 0 spiro atoms. The van der Waals surface area contributed by atoms with Gasteiger partial charge in [-0.25, -0.2) is 0 Å². The molecule has 3 nitrogen and oxygen atoms in total. The first-order chi connectivity index (χ1) is 7.42. The summed E-state index contributed by atoms with van der Waals surface area (Å²) >= 11 is 0. The summed E-state index contributed by atoms with van der Waals surface area (Å²) in [4.78, 5) is 0. The van der Waals surface area contributed by atoms with Gasteiger partial charge in [0.1, 0.15) is 5.75 Å². The lowest BCUT2D eigenvalue weighted by atomic mass is 9.93. The highest BCUT2D eigenvalue weighted by molar-refractivity contribution is 5.55. The van der Waals surface area contributed by atoms with E-state index in [0.717, 1.165) is 6.42 Å². The fourth-order valence-corrected chi connectivity index (χ4v) is 1.20. The predicted octanol–water partition coefficient (Wildman–Crippen LogP) is 2.96. The smallest absolute Gasteiger partial charge is 0.143 e. The van der Waals surface area contributed by atoms with Crippen molar-refractivity contribution in [1.29, 1.82) is 5.26 Å². The van der Waals surface area contributed by atoms with Gasteiger partial charge in [-0.05, 0) is 24.0 Å². The van der Waals surface area contributed by atoms with Gasteiger partial charge in [0.05, 0.1) is 23.9 Å². The molecule has 2 N–H and O–H groups in total. The maximum Gasteiger partial charge on any atom is 0.143 e. The predicted molar refractivity (Wildman–Crippen MR) is 65.1 cm³/mol. The third kappa shape index (κ3) is 3.82. The summed E-state index contributed by atoms with van der Waals surface area (Å²) in [5.74, 6) is 0.600. The Labute approximate surface area is 96.8 Å². The Hall–Kier alpha value is -1.69. The Balaban J connectivity index is 2.64. The molecule has 0 amide bonds. The molecule has 0 saturated carbocycles. The van der Waals surface area contributed by atoms with Crippen molar-refractivity contribution in [3.05, 3.63) is 23.8 Å². The van der Waals surface area contributed by atoms with Crippen molar-refractivity contribution < 1.29 is 4.74 Å². The molecule has 0 saturated heterocycles. The number of hydrogen-bond acceptors (Lipinski definition) is 3. The summed E-state index contributed by atoms with van der Waals surface area (Å²) in [6, 6.07) is 7.13. The van der Waals surface area contributed by atoms with Gasteiger partial charge in [0.2, 0.25) is 0 Å². The molecule has 0 aromatic heterocycles. The monoisotopic (exact) mass is 218 g/mol. The number of nitriles is 1. The third-order valence-electron chi connectivity index (χ3n) is 2.25. The molecule has 3 heteroatoms. The van der Waals surface area contributed by atoms with Crippen LogP contribution in [0.25, 0.3) is 0 Å². The van der Waals surface area contributed by atoms with E-state index in [1.165, 1.54) is 0 Å². The third-order valence-corrected chi connectivity index (χ3v) is 2.25. The Morgan fingerprint density at radius 1 is 1.38 bits per heavy atom. The van der Waals surface area contributed by atoms with Gasteiger partial charge in [-0.1, -0.05) is 20.8 Å². The zero-order valence-electron chi connectivity index (χ0n) is 10.1. The SMILES string of the molecule is CC(C)(C)CCOc1cc(C#N)ccc1N. The summed E-state index contributed by atoms with van der Waals surface area (Å²) in [5.41, 5.74) is 7.14. The molecule has 1 rings (SSSR count). The van der Waals surface area contributed by atoms with Crippen molar-refractivity contribution in [2.24, 2.45) is 5.41 Å². The molecule has 1 aromatic rings. The molecular weight excluding hydrogens is 200 g/mol. The first kappa shape index (κ1) is 12.4. The van der Waals surface area contributed by atoms with E-state index in [2.05, 4.69) is 26.8 Å². The van der Waals surface area contributed by atoms with E-state index < -0.39 is 0 Å². The number of hydrogen-bond donors (Lipinski definition) is 1. The Kier molecular flexibility index (Phi) is 3.78. The van der Waals surface area contributed by atoms with E-state index in [1.807, 2.05) is 0 Å². The normalized spacial score (nSPS) is 10.9. The van der Waals surface area contributed by atoms with Crippen LogP contribution >= 0.6 is 0 Å². The van der Waals surface area contributed by atoms with Gasteiger partial charge in [0, 0.05) is 6.07 Å². The largest absolute Gasteiger partial charge is 0.491 e. The molecule has 0 heterocycles. The second-order valence-corrected chi connectivity index (χ2v) is 5.02. The van der Waals surface area contributed by atoms with Gasteiger partial charge in [0.25, 0.3) is 0 Å². The molecule has 0 radical (unpaired) electrons. The van der Waals surface area contributed by atoms with Crippen molar-refractivity contribution in [1.82, 2.24) is 0 Å². The summed E-state index contributed by atoms with van der Waals surface area (Å²) in [7, 11) is 0. The number of ether oxygens (including phenoxy) is 1. The lowest BCUT2D eigenvalue weighted by Crippen LogP contribution is -2.11. The lowest BCUT2D eigenvalue weighted by Gasteiger charge is -2.18. The van der Waals surface area contributed by atoms with Crippen LogP contribution in [-0.2, 0) is 0 Å². The van der Waals surface area contributed by atoms with Crippen molar-refractivity contribution in [2.45, 2.75) is 27.2 Å². The van der Waals surface area contributed by atoms with Crippen LogP contribution < -0.4 is 10.5 Å². The molecule has 0 bridgehead atoms. The van der Waals surface area contributed by atoms with E-state index in [-0.39, 0.29) is 5.41 Å². The highest BCUT2D eigenvalue weighted by Crippen LogP contribution is 2.24. The van der Waals surface area contributed by atoms with Crippen LogP contribution in [-0.4, -0.2) is 6.61 Å². The minimum Gasteiger partial charge on any atom is -0.491 e. The highest BCUT2D eigenvalue weighted by Gasteiger charge is 2.10. The summed E-state index contributed by atoms with van der Waals surface area (Å²) < 4.78 is 5.58. The van der Waals surface area contributed by atoms with Crippen LogP contribution in [0.1, 0.15) is 32.8 Å². The van der Waals surface area contributed by atoms with E-state index in [0.29, 0.717) is 23.6 Å². The van der Waals surface area contributed by atoms with Gasteiger partial charge in [-0.2, -0.15) is 5.26 Å². The average molecular weight is 218 g/mol. The van der Waals surface area contributed by atoms with Gasteiger partial charge in [-0.15, -0.1) is 0 Å². The van der Waals surface area contributed by atoms with Gasteiger partial charge >= 0.3 is 0 Å². The lowest BCUT2D eigenvalue weighted by molar-refractivity contribution is 0.244. The van der Waals surface area contributed by atoms with Crippen LogP contribution in [0, 0.1) is 16.7 Å². The maximum atomic E-state index is 8.76. The molecule has 0 aliphatic rings. The molecule has 0 aliphatic carbocycles. The first-order valence-electron chi connectivity index (χ1n) is 5.35. The van der Waals surface area contributed by atoms with Crippen molar-refractivity contribution in [2.75, 3.05) is 12.3 Å².